The van der Waals surface area contributed by atoms with Crippen molar-refractivity contribution in [3.05, 3.63) is 83.4 Å². The minimum absolute atomic E-state index is 0.00930. The molecular weight excluding hydrogens is 731 g/mol. The summed E-state index contributed by atoms with van der Waals surface area (Å²) >= 11 is 0. The van der Waals surface area contributed by atoms with E-state index in [2.05, 4.69) is 68.2 Å². The van der Waals surface area contributed by atoms with Gasteiger partial charge < -0.3 is 35.0 Å². The Hall–Kier alpha value is -4.00. The normalized spacial score (nSPS) is 29.6. The number of hydrogen-bond donors (Lipinski definition) is 3. The molecule has 10 atom stereocenters. The minimum atomic E-state index is -0.901. The molecule has 2 amide bonds. The van der Waals surface area contributed by atoms with Crippen molar-refractivity contribution in [2.75, 3.05) is 53.4 Å². The number of rotatable bonds is 13. The highest BCUT2D eigenvalue weighted by Gasteiger charge is 2.57. The molecule has 0 spiro atoms. The number of methoxy groups -OCH3 is 1. The van der Waals surface area contributed by atoms with Gasteiger partial charge in [0, 0.05) is 61.0 Å². The van der Waals surface area contributed by atoms with E-state index >= 15 is 0 Å². The molecule has 11 heteroatoms. The number of aliphatic hydroxyl groups is 2. The fourth-order valence-electron chi connectivity index (χ4n) is 10.9. The third-order valence-electron chi connectivity index (χ3n) is 14.2. The Balaban J connectivity index is 1.21. The third kappa shape index (κ3) is 7.88. The lowest BCUT2D eigenvalue weighted by Gasteiger charge is -2.62. The van der Waals surface area contributed by atoms with Gasteiger partial charge in [0.1, 0.15) is 17.9 Å². The predicted octanol–water partition coefficient (Wildman–Crippen LogP) is 6.00. The SMILES string of the molecule is COc1c(CN2O[C@@H](CO)[C@H]([C@H](C)O)[C@H]2C(=O)N[C@H]2C[C@@H]3C[C@H]([C@@H]2C)C3(C)C)cccc1-c1cc(C(=O)N2[C@@H](CN(C)C)CC[C@H]2c2ccccc2)cc(N(C)C)c1. The van der Waals surface area contributed by atoms with Gasteiger partial charge in [-0.05, 0) is 99.2 Å². The molecule has 3 aromatic carbocycles. The van der Waals surface area contributed by atoms with E-state index in [9.17, 15) is 19.8 Å². The smallest absolute Gasteiger partial charge is 0.254 e. The summed E-state index contributed by atoms with van der Waals surface area (Å²) in [5, 5.41) is 26.5. The van der Waals surface area contributed by atoms with E-state index in [0.717, 1.165) is 53.7 Å². The van der Waals surface area contributed by atoms with Crippen molar-refractivity contribution in [3.8, 4) is 16.9 Å². The number of para-hydroxylation sites is 1. The number of amides is 2. The number of fused-ring (bicyclic) bond motifs is 2. The van der Waals surface area contributed by atoms with Crippen molar-refractivity contribution in [2.45, 2.75) is 96.3 Å². The first kappa shape index (κ1) is 42.1. The number of likely N-dealkylation sites (tertiary alicyclic amines) is 1. The molecule has 3 aliphatic carbocycles. The standard InChI is InChI=1S/C47H65N5O6/c1-28-38-23-34(47(38,3)4)24-39(28)48-45(55)43-42(29(2)54)41(27-53)58-51(43)25-31-16-13-17-37(44(31)57-9)32-20-33(22-36(21-32)50(7)8)46(56)52-35(26-49(5)6)18-19-40(52)30-14-11-10-12-15-30/h10-17,20-22,28-29,34-35,38-43,53-54H,18-19,23-27H2,1-9H3,(H,48,55)/t28-,29-,34-,35+,38+,39-,40-,41-,42-,43-/m0/s1. The number of carbonyl (C=O) groups excluding carboxylic acids is 2. The van der Waals surface area contributed by atoms with Gasteiger partial charge in [-0.1, -0.05) is 69.3 Å². The maximum atomic E-state index is 14.8. The predicted molar refractivity (Wildman–Crippen MR) is 227 cm³/mol. The molecule has 5 aliphatic rings. The van der Waals surface area contributed by atoms with Gasteiger partial charge in [0.25, 0.3) is 5.91 Å². The topological polar surface area (TPSA) is 118 Å². The number of carbonyl (C=O) groups is 2. The molecule has 0 unspecified atom stereocenters. The van der Waals surface area contributed by atoms with Gasteiger partial charge in [0.05, 0.1) is 32.4 Å². The second-order valence-corrected chi connectivity index (χ2v) is 18.5. The number of aliphatic hydroxyl groups excluding tert-OH is 2. The summed E-state index contributed by atoms with van der Waals surface area (Å²) in [5.41, 5.74) is 5.30. The largest absolute Gasteiger partial charge is 0.496 e. The Morgan fingerprint density at radius 3 is 2.38 bits per heavy atom. The Labute approximate surface area is 345 Å². The molecule has 314 valence electrons. The first-order valence-electron chi connectivity index (χ1n) is 21.2. The Morgan fingerprint density at radius 2 is 1.76 bits per heavy atom. The highest BCUT2D eigenvalue weighted by Crippen LogP contribution is 2.61. The fourth-order valence-corrected chi connectivity index (χ4v) is 10.9. The molecule has 3 aromatic rings. The van der Waals surface area contributed by atoms with Crippen LogP contribution in [0.15, 0.2) is 66.7 Å². The van der Waals surface area contributed by atoms with Gasteiger partial charge >= 0.3 is 0 Å². The van der Waals surface area contributed by atoms with E-state index in [4.69, 9.17) is 9.57 Å². The molecular formula is C47H65N5O6. The molecule has 0 aromatic heterocycles. The summed E-state index contributed by atoms with van der Waals surface area (Å²) in [4.78, 5) is 41.8. The van der Waals surface area contributed by atoms with Crippen molar-refractivity contribution < 1.29 is 29.4 Å². The van der Waals surface area contributed by atoms with E-state index in [0.29, 0.717) is 29.1 Å². The molecule has 3 saturated carbocycles. The highest BCUT2D eigenvalue weighted by atomic mass is 16.7. The van der Waals surface area contributed by atoms with Gasteiger partial charge in [0.15, 0.2) is 0 Å². The van der Waals surface area contributed by atoms with Crippen LogP contribution < -0.4 is 15.0 Å². The zero-order valence-electron chi connectivity index (χ0n) is 35.9. The molecule has 8 rings (SSSR count). The second-order valence-electron chi connectivity index (χ2n) is 18.5. The van der Waals surface area contributed by atoms with Gasteiger partial charge in [-0.25, -0.2) is 0 Å². The van der Waals surface area contributed by atoms with Gasteiger partial charge in [0.2, 0.25) is 5.91 Å². The van der Waals surface area contributed by atoms with Crippen LogP contribution in [-0.4, -0.2) is 116 Å². The summed E-state index contributed by atoms with van der Waals surface area (Å²) in [6, 6.07) is 21.5. The first-order chi connectivity index (χ1) is 27.6. The van der Waals surface area contributed by atoms with E-state index < -0.39 is 24.2 Å². The maximum absolute atomic E-state index is 14.8. The lowest BCUT2D eigenvalue weighted by Crippen LogP contribution is -2.62. The van der Waals surface area contributed by atoms with E-state index in [1.807, 2.05) is 67.5 Å². The fraction of sp³-hybridized carbons (Fsp3) is 0.574. The minimum Gasteiger partial charge on any atom is -0.496 e. The van der Waals surface area contributed by atoms with Crippen LogP contribution >= 0.6 is 0 Å². The molecule has 2 aliphatic heterocycles. The van der Waals surface area contributed by atoms with Gasteiger partial charge in [-0.3, -0.25) is 14.4 Å². The molecule has 0 radical (unpaired) electrons. The number of hydrogen-bond acceptors (Lipinski definition) is 9. The average molecular weight is 796 g/mol. The highest BCUT2D eigenvalue weighted by molar-refractivity contribution is 5.98. The van der Waals surface area contributed by atoms with Crippen LogP contribution in [0.2, 0.25) is 0 Å². The third-order valence-corrected chi connectivity index (χ3v) is 14.2. The lowest BCUT2D eigenvalue weighted by atomic mass is 9.45. The Kier molecular flexibility index (Phi) is 12.3. The number of benzene rings is 3. The number of ether oxygens (including phenoxy) is 1. The lowest BCUT2D eigenvalue weighted by molar-refractivity contribution is -0.183. The molecule has 11 nitrogen and oxygen atoms in total. The number of hydroxylamine groups is 2. The van der Waals surface area contributed by atoms with E-state index in [1.165, 1.54) is 6.42 Å². The van der Waals surface area contributed by atoms with Crippen molar-refractivity contribution in [3.63, 3.8) is 0 Å². The Morgan fingerprint density at radius 1 is 1.02 bits per heavy atom. The number of anilines is 1. The summed E-state index contributed by atoms with van der Waals surface area (Å²) in [5.74, 6) is 1.20. The number of likely N-dealkylation sites (N-methyl/N-ethyl adjacent to an activating group) is 1. The van der Waals surface area contributed by atoms with Crippen molar-refractivity contribution in [1.82, 2.24) is 20.2 Å². The van der Waals surface area contributed by atoms with E-state index in [1.54, 1.807) is 19.1 Å². The van der Waals surface area contributed by atoms with Crippen LogP contribution in [0.5, 0.6) is 5.75 Å². The summed E-state index contributed by atoms with van der Waals surface area (Å²) < 4.78 is 6.18. The number of nitrogens with zero attached hydrogens (tertiary/aromatic N) is 4. The molecule has 2 heterocycles. The van der Waals surface area contributed by atoms with Crippen molar-refractivity contribution >= 4 is 17.5 Å². The van der Waals surface area contributed by atoms with Crippen molar-refractivity contribution in [1.29, 1.82) is 0 Å². The maximum Gasteiger partial charge on any atom is 0.254 e. The zero-order chi connectivity index (χ0) is 41.6. The number of nitrogens with one attached hydrogen (secondary N) is 1. The quantitative estimate of drug-likeness (QED) is 0.192. The first-order valence-corrected chi connectivity index (χ1v) is 21.2. The second kappa shape index (κ2) is 16.9. The van der Waals surface area contributed by atoms with Gasteiger partial charge in [-0.15, -0.1) is 0 Å². The molecule has 5 fully saturated rings. The average Bonchev–Trinajstić information content (AvgIpc) is 3.79. The molecule has 2 bridgehead atoms. The monoisotopic (exact) mass is 795 g/mol. The van der Waals surface area contributed by atoms with Crippen LogP contribution in [0.4, 0.5) is 5.69 Å². The summed E-state index contributed by atoms with van der Waals surface area (Å²) in [6.07, 6.45) is 2.29. The Bertz CT molecular complexity index is 1940. The zero-order valence-corrected chi connectivity index (χ0v) is 35.9. The van der Waals surface area contributed by atoms with Crippen LogP contribution in [0, 0.1) is 29.1 Å². The van der Waals surface area contributed by atoms with Crippen LogP contribution in [0.25, 0.3) is 11.1 Å². The molecule has 2 saturated heterocycles. The summed E-state index contributed by atoms with van der Waals surface area (Å²) in [6.45, 7) is 9.20. The summed E-state index contributed by atoms with van der Waals surface area (Å²) in [7, 11) is 9.69. The molecule has 3 N–H and O–H groups in total. The molecule has 58 heavy (non-hydrogen) atoms. The van der Waals surface area contributed by atoms with Crippen LogP contribution in [0.3, 0.4) is 0 Å². The van der Waals surface area contributed by atoms with Crippen LogP contribution in [-0.2, 0) is 16.2 Å². The van der Waals surface area contributed by atoms with E-state index in [-0.39, 0.29) is 48.5 Å². The van der Waals surface area contributed by atoms with Crippen molar-refractivity contribution in [2.24, 2.45) is 29.1 Å². The van der Waals surface area contributed by atoms with Crippen LogP contribution in [0.1, 0.15) is 80.9 Å². The van der Waals surface area contributed by atoms with Gasteiger partial charge in [-0.2, -0.15) is 5.06 Å².